The fraction of sp³-hybridized carbons (Fsp3) is 0.481. The number of anilines is 1. The number of rotatable bonds is 7. The molecule has 6 heteroatoms. The summed E-state index contributed by atoms with van der Waals surface area (Å²) in [5, 5.41) is 0.783. The molecular weight excluding hydrogens is 430 g/mol. The van der Waals surface area contributed by atoms with Gasteiger partial charge in [-0.1, -0.05) is 57.2 Å². The molecule has 0 N–H and O–H groups in total. The van der Waals surface area contributed by atoms with Crippen LogP contribution < -0.4 is 4.90 Å². The molecule has 2 aromatic carbocycles. The third kappa shape index (κ3) is 5.81. The number of thiazole rings is 1. The summed E-state index contributed by atoms with van der Waals surface area (Å²) in [5.41, 5.74) is 4.25. The number of nitrogens with zero attached hydrogens (tertiary/aromatic N) is 3. The van der Waals surface area contributed by atoms with Gasteiger partial charge in [0.25, 0.3) is 5.91 Å². The second-order valence-electron chi connectivity index (χ2n) is 9.74. The number of benzene rings is 2. The lowest BCUT2D eigenvalue weighted by Crippen LogP contribution is -2.39. The molecule has 0 bridgehead atoms. The number of carbonyl (C=O) groups excluding carboxylic acids is 1. The van der Waals surface area contributed by atoms with Gasteiger partial charge >= 0.3 is 0 Å². The van der Waals surface area contributed by atoms with E-state index >= 15 is 0 Å². The minimum absolute atomic E-state index is 0.0206. The van der Waals surface area contributed by atoms with Crippen molar-refractivity contribution in [1.82, 2.24) is 9.88 Å². The third-order valence-electron chi connectivity index (χ3n) is 6.28. The summed E-state index contributed by atoms with van der Waals surface area (Å²) in [4.78, 5) is 22.8. The van der Waals surface area contributed by atoms with Gasteiger partial charge in [0.1, 0.15) is 0 Å². The van der Waals surface area contributed by atoms with Crippen molar-refractivity contribution in [2.75, 3.05) is 44.3 Å². The maximum atomic E-state index is 13.6. The Labute approximate surface area is 201 Å². The first kappa shape index (κ1) is 23.9. The van der Waals surface area contributed by atoms with Gasteiger partial charge in [0.2, 0.25) is 0 Å². The first-order valence-electron chi connectivity index (χ1n) is 12.0. The smallest absolute Gasteiger partial charge is 0.260 e. The van der Waals surface area contributed by atoms with Gasteiger partial charge in [-0.05, 0) is 53.6 Å². The number of hydrogen-bond acceptors (Lipinski definition) is 5. The normalized spacial score (nSPS) is 15.2. The molecular formula is C27H35N3O2S. The average molecular weight is 466 g/mol. The summed E-state index contributed by atoms with van der Waals surface area (Å²) >= 11 is 1.61. The molecule has 1 saturated heterocycles. The maximum Gasteiger partial charge on any atom is 0.260 e. The molecule has 1 aliphatic rings. The van der Waals surface area contributed by atoms with Crippen molar-refractivity contribution in [3.63, 3.8) is 0 Å². The van der Waals surface area contributed by atoms with E-state index in [1.165, 1.54) is 11.1 Å². The van der Waals surface area contributed by atoms with Crippen molar-refractivity contribution in [3.8, 4) is 0 Å². The van der Waals surface area contributed by atoms with E-state index in [1.807, 2.05) is 17.0 Å². The Morgan fingerprint density at radius 1 is 1.12 bits per heavy atom. The molecule has 1 aliphatic heterocycles. The second kappa shape index (κ2) is 10.3. The van der Waals surface area contributed by atoms with Crippen LogP contribution in [0.5, 0.6) is 0 Å². The topological polar surface area (TPSA) is 45.7 Å². The zero-order valence-electron chi connectivity index (χ0n) is 20.3. The van der Waals surface area contributed by atoms with E-state index in [1.54, 1.807) is 11.3 Å². The average Bonchev–Trinajstić information content (AvgIpc) is 3.24. The highest BCUT2D eigenvalue weighted by atomic mass is 32.1. The maximum absolute atomic E-state index is 13.6. The molecule has 2 heterocycles. The number of aryl methyl sites for hydroxylation is 1. The first-order valence-corrected chi connectivity index (χ1v) is 12.8. The predicted molar refractivity (Wildman–Crippen MR) is 138 cm³/mol. The molecule has 0 saturated carbocycles. The zero-order valence-corrected chi connectivity index (χ0v) is 21.1. The van der Waals surface area contributed by atoms with Gasteiger partial charge in [0.05, 0.1) is 23.4 Å². The Hall–Kier alpha value is -2.28. The molecule has 0 atom stereocenters. The monoisotopic (exact) mass is 465 g/mol. The van der Waals surface area contributed by atoms with Crippen LogP contribution in [0.2, 0.25) is 0 Å². The Morgan fingerprint density at radius 2 is 1.85 bits per heavy atom. The summed E-state index contributed by atoms with van der Waals surface area (Å²) in [6, 6.07) is 14.5. The van der Waals surface area contributed by atoms with Gasteiger partial charge in [-0.25, -0.2) is 4.98 Å². The van der Waals surface area contributed by atoms with Crippen LogP contribution in [0.25, 0.3) is 10.2 Å². The molecule has 1 aromatic heterocycles. The van der Waals surface area contributed by atoms with Gasteiger partial charge in [0.15, 0.2) is 5.13 Å². The summed E-state index contributed by atoms with van der Waals surface area (Å²) < 4.78 is 6.60. The zero-order chi connectivity index (χ0) is 23.4. The van der Waals surface area contributed by atoms with Crippen molar-refractivity contribution in [2.45, 2.75) is 46.0 Å². The molecule has 0 radical (unpaired) electrons. The molecule has 1 amide bonds. The fourth-order valence-electron chi connectivity index (χ4n) is 4.12. The molecule has 4 rings (SSSR count). The minimum atomic E-state index is 0.0206. The van der Waals surface area contributed by atoms with E-state index in [0.29, 0.717) is 12.1 Å². The number of morpholine rings is 1. The molecule has 3 aromatic rings. The number of amides is 1. The predicted octanol–water partition coefficient (Wildman–Crippen LogP) is 5.53. The van der Waals surface area contributed by atoms with Crippen molar-refractivity contribution in [2.24, 2.45) is 0 Å². The van der Waals surface area contributed by atoms with Crippen LogP contribution in [0.15, 0.2) is 42.5 Å². The number of aromatic nitrogens is 1. The fourth-order valence-corrected chi connectivity index (χ4v) is 5.18. The van der Waals surface area contributed by atoms with Crippen LogP contribution in [-0.2, 0) is 16.6 Å². The Morgan fingerprint density at radius 3 is 2.52 bits per heavy atom. The second-order valence-corrected chi connectivity index (χ2v) is 10.8. The van der Waals surface area contributed by atoms with E-state index in [0.717, 1.165) is 61.0 Å². The van der Waals surface area contributed by atoms with Gasteiger partial charge in [-0.3, -0.25) is 14.6 Å². The largest absolute Gasteiger partial charge is 0.379 e. The summed E-state index contributed by atoms with van der Waals surface area (Å²) in [6.45, 7) is 13.8. The lowest BCUT2D eigenvalue weighted by atomic mass is 9.86. The number of fused-ring (bicyclic) bond motifs is 1. The van der Waals surface area contributed by atoms with Crippen LogP contribution in [0.1, 0.15) is 55.6 Å². The number of carbonyl (C=O) groups is 1. The highest BCUT2D eigenvalue weighted by molar-refractivity contribution is 7.22. The van der Waals surface area contributed by atoms with Crippen molar-refractivity contribution in [3.05, 3.63) is 59.2 Å². The lowest BCUT2D eigenvalue weighted by molar-refractivity contribution is 0.0376. The van der Waals surface area contributed by atoms with Crippen molar-refractivity contribution >= 4 is 32.6 Å². The standard InChI is InChI=1S/C27H35N3O2S/c1-5-20-7-12-23-24(19-20)33-26(28-23)30(14-6-13-29-15-17-32-18-16-29)25(31)21-8-10-22(11-9-21)27(2,3)4/h7-12,19H,5-6,13-18H2,1-4H3. The Balaban J connectivity index is 1.58. The lowest BCUT2D eigenvalue weighted by Gasteiger charge is -2.28. The summed E-state index contributed by atoms with van der Waals surface area (Å²) in [5.74, 6) is 0.0206. The van der Waals surface area contributed by atoms with Gasteiger partial charge in [-0.2, -0.15) is 0 Å². The quantitative estimate of drug-likeness (QED) is 0.461. The number of ether oxygens (including phenoxy) is 1. The highest BCUT2D eigenvalue weighted by Gasteiger charge is 2.23. The van der Waals surface area contributed by atoms with E-state index in [4.69, 9.17) is 9.72 Å². The molecule has 0 unspecified atom stereocenters. The third-order valence-corrected chi connectivity index (χ3v) is 7.32. The minimum Gasteiger partial charge on any atom is -0.379 e. The Kier molecular flexibility index (Phi) is 7.47. The van der Waals surface area contributed by atoms with Crippen LogP contribution >= 0.6 is 11.3 Å². The van der Waals surface area contributed by atoms with Crippen molar-refractivity contribution in [1.29, 1.82) is 0 Å². The van der Waals surface area contributed by atoms with Crippen LogP contribution in [-0.4, -0.2) is 55.2 Å². The molecule has 5 nitrogen and oxygen atoms in total. The van der Waals surface area contributed by atoms with Gasteiger partial charge in [0, 0.05) is 31.7 Å². The van der Waals surface area contributed by atoms with Crippen LogP contribution in [0, 0.1) is 0 Å². The van der Waals surface area contributed by atoms with Gasteiger partial charge in [-0.15, -0.1) is 0 Å². The van der Waals surface area contributed by atoms with Crippen molar-refractivity contribution < 1.29 is 9.53 Å². The summed E-state index contributed by atoms with van der Waals surface area (Å²) in [7, 11) is 0. The molecule has 33 heavy (non-hydrogen) atoms. The summed E-state index contributed by atoms with van der Waals surface area (Å²) in [6.07, 6.45) is 1.90. The van der Waals surface area contributed by atoms with E-state index in [2.05, 4.69) is 62.9 Å². The van der Waals surface area contributed by atoms with E-state index in [9.17, 15) is 4.79 Å². The van der Waals surface area contributed by atoms with Crippen LogP contribution in [0.3, 0.4) is 0 Å². The van der Waals surface area contributed by atoms with E-state index in [-0.39, 0.29) is 11.3 Å². The molecule has 1 fully saturated rings. The SMILES string of the molecule is CCc1ccc2nc(N(CCCN3CCOCC3)C(=O)c3ccc(C(C)(C)C)cc3)sc2c1. The molecule has 0 spiro atoms. The Bertz CT molecular complexity index is 1080. The highest BCUT2D eigenvalue weighted by Crippen LogP contribution is 2.31. The molecule has 0 aliphatic carbocycles. The molecule has 176 valence electrons. The van der Waals surface area contributed by atoms with Crippen LogP contribution in [0.4, 0.5) is 5.13 Å². The number of hydrogen-bond donors (Lipinski definition) is 0. The van der Waals surface area contributed by atoms with E-state index < -0.39 is 0 Å². The van der Waals surface area contributed by atoms with Gasteiger partial charge < -0.3 is 4.74 Å². The first-order chi connectivity index (χ1) is 15.8.